The smallest absolute Gasteiger partial charge is 0.444 e. The molecule has 2 amide bonds. The molecule has 0 bridgehead atoms. The molecule has 232 valence electrons. The lowest BCUT2D eigenvalue weighted by Crippen LogP contribution is -2.44. The molecule has 2 N–H and O–H groups in total. The van der Waals surface area contributed by atoms with Gasteiger partial charge in [-0.2, -0.15) is 18.4 Å². The topological polar surface area (TPSA) is 123 Å². The van der Waals surface area contributed by atoms with Crippen molar-refractivity contribution in [3.63, 3.8) is 0 Å². The average molecular weight is 602 g/mol. The molecule has 3 heterocycles. The molecular formula is C30H38F3N7O3. The van der Waals surface area contributed by atoms with Gasteiger partial charge in [-0.1, -0.05) is 12.1 Å². The Bertz CT molecular complexity index is 1310. The minimum atomic E-state index is -4.75. The average Bonchev–Trinajstić information content (AvgIpc) is 3.45. The van der Waals surface area contributed by atoms with Crippen LogP contribution in [0.25, 0.3) is 0 Å². The Kier molecular flexibility index (Phi) is 9.98. The number of halogens is 3. The van der Waals surface area contributed by atoms with Crippen LogP contribution in [-0.2, 0) is 22.1 Å². The second kappa shape index (κ2) is 13.5. The molecule has 0 spiro atoms. The number of nitriles is 1. The number of nitrogens with zero attached hydrogens (tertiary/aromatic N) is 5. The van der Waals surface area contributed by atoms with E-state index >= 15 is 0 Å². The van der Waals surface area contributed by atoms with Crippen LogP contribution in [0.1, 0.15) is 63.4 Å². The summed E-state index contributed by atoms with van der Waals surface area (Å²) in [6, 6.07) is 10.0. The lowest BCUT2D eigenvalue weighted by Gasteiger charge is -2.34. The molecule has 2 aromatic rings. The predicted molar refractivity (Wildman–Crippen MR) is 154 cm³/mol. The third kappa shape index (κ3) is 8.95. The molecule has 2 aliphatic heterocycles. The van der Waals surface area contributed by atoms with Gasteiger partial charge in [-0.05, 0) is 76.5 Å². The van der Waals surface area contributed by atoms with Crippen molar-refractivity contribution >= 4 is 23.6 Å². The minimum Gasteiger partial charge on any atom is -0.444 e. The van der Waals surface area contributed by atoms with Gasteiger partial charge in [0.25, 0.3) is 0 Å². The summed E-state index contributed by atoms with van der Waals surface area (Å²) in [5.41, 5.74) is 0.911. The molecule has 0 radical (unpaired) electrons. The van der Waals surface area contributed by atoms with Crippen molar-refractivity contribution in [2.24, 2.45) is 5.92 Å². The lowest BCUT2D eigenvalue weighted by molar-refractivity contribution is -0.144. The normalized spacial score (nSPS) is 17.8. The largest absolute Gasteiger partial charge is 0.451 e. The van der Waals surface area contributed by atoms with E-state index in [0.29, 0.717) is 70.4 Å². The summed E-state index contributed by atoms with van der Waals surface area (Å²) in [5, 5.41) is 14.6. The number of rotatable bonds is 8. The van der Waals surface area contributed by atoms with E-state index < -0.39 is 29.7 Å². The summed E-state index contributed by atoms with van der Waals surface area (Å²) < 4.78 is 46.9. The third-order valence-corrected chi connectivity index (χ3v) is 7.47. The van der Waals surface area contributed by atoms with Gasteiger partial charge in [0.05, 0.1) is 11.6 Å². The van der Waals surface area contributed by atoms with E-state index in [1.165, 1.54) is 6.07 Å². The number of carbonyl (C=O) groups excluding carboxylic acids is 2. The number of alkyl halides is 3. The number of hydrogen-bond donors (Lipinski definition) is 2. The number of benzene rings is 1. The monoisotopic (exact) mass is 601 g/mol. The van der Waals surface area contributed by atoms with Gasteiger partial charge in [-0.15, -0.1) is 0 Å². The molecule has 1 atom stereocenters. The van der Waals surface area contributed by atoms with Gasteiger partial charge in [0.2, 0.25) is 11.7 Å². The van der Waals surface area contributed by atoms with Gasteiger partial charge in [0, 0.05) is 38.8 Å². The summed E-state index contributed by atoms with van der Waals surface area (Å²) in [5.74, 6) is -1.10. The summed E-state index contributed by atoms with van der Waals surface area (Å²) in [4.78, 5) is 36.2. The third-order valence-electron chi connectivity index (χ3n) is 7.47. The summed E-state index contributed by atoms with van der Waals surface area (Å²) >= 11 is 0. The molecule has 2 saturated heterocycles. The molecule has 2 fully saturated rings. The first kappa shape index (κ1) is 31.8. The lowest BCUT2D eigenvalue weighted by atomic mass is 9.97. The first-order valence-corrected chi connectivity index (χ1v) is 14.5. The number of anilines is 2. The van der Waals surface area contributed by atoms with E-state index in [0.717, 1.165) is 5.56 Å². The van der Waals surface area contributed by atoms with E-state index in [4.69, 9.17) is 10.00 Å². The highest BCUT2D eigenvalue weighted by Gasteiger charge is 2.39. The molecule has 43 heavy (non-hydrogen) atoms. The van der Waals surface area contributed by atoms with Gasteiger partial charge in [0.15, 0.2) is 0 Å². The van der Waals surface area contributed by atoms with Gasteiger partial charge in [0.1, 0.15) is 23.3 Å². The molecule has 2 aliphatic rings. The Balaban J connectivity index is 1.40. The summed E-state index contributed by atoms with van der Waals surface area (Å²) in [7, 11) is 0. The second-order valence-electron chi connectivity index (χ2n) is 11.9. The van der Waals surface area contributed by atoms with Crippen LogP contribution in [0.3, 0.4) is 0 Å². The fourth-order valence-electron chi connectivity index (χ4n) is 5.27. The van der Waals surface area contributed by atoms with Gasteiger partial charge in [-0.25, -0.2) is 14.8 Å². The molecule has 0 aliphatic carbocycles. The molecular weight excluding hydrogens is 563 g/mol. The first-order valence-electron chi connectivity index (χ1n) is 14.5. The van der Waals surface area contributed by atoms with Crippen molar-refractivity contribution in [2.45, 2.75) is 70.7 Å². The van der Waals surface area contributed by atoms with Crippen LogP contribution in [0.5, 0.6) is 0 Å². The molecule has 13 heteroatoms. The fraction of sp³-hybridized carbons (Fsp3) is 0.567. The van der Waals surface area contributed by atoms with E-state index in [2.05, 4.69) is 26.7 Å². The summed E-state index contributed by atoms with van der Waals surface area (Å²) in [6.07, 6.45) is -2.23. The zero-order valence-corrected chi connectivity index (χ0v) is 24.7. The van der Waals surface area contributed by atoms with Crippen LogP contribution in [-0.4, -0.2) is 66.3 Å². The zero-order chi connectivity index (χ0) is 31.2. The Morgan fingerprint density at radius 2 is 1.70 bits per heavy atom. The quantitative estimate of drug-likeness (QED) is 0.456. The summed E-state index contributed by atoms with van der Waals surface area (Å²) in [6.45, 7) is 7.46. The first-order chi connectivity index (χ1) is 20.3. The van der Waals surface area contributed by atoms with Crippen molar-refractivity contribution in [2.75, 3.05) is 42.5 Å². The molecule has 1 aromatic carbocycles. The van der Waals surface area contributed by atoms with Gasteiger partial charge < -0.3 is 25.2 Å². The maximum absolute atomic E-state index is 13.9. The number of nitrogens with one attached hydrogen (secondary N) is 2. The molecule has 0 saturated carbocycles. The molecule has 4 rings (SSSR count). The highest BCUT2D eigenvalue weighted by atomic mass is 19.4. The standard InChI is InChI=1S/C30H38F3N7O3/c1-29(2,3)43-28(42)36-19-22-11-15-39(16-12-22)24-17-25(38-27(37-24)30(31,32)33)40-14-4-5-23(40)26(41)35-13-10-20-6-8-21(18-34)9-7-20/h6-9,17,22-23H,4-5,10-16,19H2,1-3H3,(H,35,41)(H,36,42)/t23-/m0/s1. The van der Waals surface area contributed by atoms with Gasteiger partial charge >= 0.3 is 12.3 Å². The van der Waals surface area contributed by atoms with Crippen molar-refractivity contribution in [1.29, 1.82) is 5.26 Å². The van der Waals surface area contributed by atoms with Gasteiger partial charge in [-0.3, -0.25) is 4.79 Å². The number of hydrogen-bond acceptors (Lipinski definition) is 8. The minimum absolute atomic E-state index is 0.0794. The van der Waals surface area contributed by atoms with Crippen molar-refractivity contribution in [3.8, 4) is 6.07 Å². The predicted octanol–water partition coefficient (Wildman–Crippen LogP) is 4.44. The van der Waals surface area contributed by atoms with Crippen molar-refractivity contribution in [3.05, 3.63) is 47.3 Å². The Morgan fingerprint density at radius 1 is 1.02 bits per heavy atom. The van der Waals surface area contributed by atoms with E-state index in [1.807, 2.05) is 12.1 Å². The second-order valence-corrected chi connectivity index (χ2v) is 11.9. The number of amides is 2. The van der Waals surface area contributed by atoms with Crippen LogP contribution in [0.4, 0.5) is 29.6 Å². The Morgan fingerprint density at radius 3 is 2.33 bits per heavy atom. The highest BCUT2D eigenvalue weighted by molar-refractivity contribution is 5.85. The van der Waals surface area contributed by atoms with Crippen LogP contribution < -0.4 is 20.4 Å². The maximum Gasteiger partial charge on any atom is 0.451 e. The Hall–Kier alpha value is -4.08. The van der Waals surface area contributed by atoms with Crippen LogP contribution in [0.15, 0.2) is 30.3 Å². The van der Waals surface area contributed by atoms with E-state index in [1.54, 1.807) is 42.7 Å². The van der Waals surface area contributed by atoms with E-state index in [-0.39, 0.29) is 23.5 Å². The number of carbonyl (C=O) groups is 2. The fourth-order valence-corrected chi connectivity index (χ4v) is 5.27. The number of piperidine rings is 1. The van der Waals surface area contributed by atoms with Crippen molar-refractivity contribution in [1.82, 2.24) is 20.6 Å². The molecule has 0 unspecified atom stereocenters. The Labute approximate surface area is 249 Å². The molecule has 10 nitrogen and oxygen atoms in total. The van der Waals surface area contributed by atoms with Crippen LogP contribution >= 0.6 is 0 Å². The zero-order valence-electron chi connectivity index (χ0n) is 24.7. The van der Waals surface area contributed by atoms with Crippen LogP contribution in [0, 0.1) is 17.2 Å². The van der Waals surface area contributed by atoms with Crippen LogP contribution in [0.2, 0.25) is 0 Å². The SMILES string of the molecule is CC(C)(C)OC(=O)NCC1CCN(c2cc(N3CCC[C@H]3C(=O)NCCc3ccc(C#N)cc3)nc(C(F)(F)F)n2)CC1. The maximum atomic E-state index is 13.9. The van der Waals surface area contributed by atoms with Crippen molar-refractivity contribution < 1.29 is 27.5 Å². The molecule has 1 aromatic heterocycles. The number of aromatic nitrogens is 2. The highest BCUT2D eigenvalue weighted by Crippen LogP contribution is 2.34. The number of ether oxygens (including phenoxy) is 1. The number of alkyl carbamates (subject to hydrolysis) is 1. The van der Waals surface area contributed by atoms with E-state index in [9.17, 15) is 22.8 Å².